The smallest absolute Gasteiger partial charge is 0.254 e. The minimum absolute atomic E-state index is 0.0840. The molecule has 3 rings (SSSR count). The van der Waals surface area contributed by atoms with E-state index in [4.69, 9.17) is 10.5 Å². The van der Waals surface area contributed by atoms with Crippen molar-refractivity contribution in [3.05, 3.63) is 41.6 Å². The van der Waals surface area contributed by atoms with E-state index in [0.717, 1.165) is 17.7 Å². The Bertz CT molecular complexity index is 754. The fourth-order valence-electron chi connectivity index (χ4n) is 2.80. The maximum atomic E-state index is 12.3. The van der Waals surface area contributed by atoms with E-state index < -0.39 is 5.91 Å². The number of carbonyl (C=O) groups excluding carboxylic acids is 2. The van der Waals surface area contributed by atoms with Crippen LogP contribution < -0.4 is 15.8 Å². The molecule has 7 nitrogen and oxygen atoms in total. The first-order valence-corrected chi connectivity index (χ1v) is 7.39. The van der Waals surface area contributed by atoms with Gasteiger partial charge in [0.15, 0.2) is 5.82 Å². The van der Waals surface area contributed by atoms with Gasteiger partial charge in [-0.1, -0.05) is 18.2 Å². The molecule has 0 saturated carbocycles. The predicted octanol–water partition coefficient (Wildman–Crippen LogP) is 1.41. The van der Waals surface area contributed by atoms with E-state index in [2.05, 4.69) is 10.4 Å². The molecule has 0 fully saturated rings. The number of rotatable bonds is 4. The monoisotopic (exact) mass is 314 g/mol. The number of ether oxygens (including phenoxy) is 1. The number of primary amides is 1. The van der Waals surface area contributed by atoms with Crippen molar-refractivity contribution in [2.45, 2.75) is 18.8 Å². The number of aromatic nitrogens is 2. The molecule has 23 heavy (non-hydrogen) atoms. The largest absolute Gasteiger partial charge is 0.493 e. The summed E-state index contributed by atoms with van der Waals surface area (Å²) < 4.78 is 7.04. The van der Waals surface area contributed by atoms with E-state index in [0.29, 0.717) is 13.0 Å². The molecule has 0 unspecified atom stereocenters. The zero-order valence-electron chi connectivity index (χ0n) is 12.8. The third kappa shape index (κ3) is 3.18. The van der Waals surface area contributed by atoms with Gasteiger partial charge in [0, 0.05) is 19.7 Å². The van der Waals surface area contributed by atoms with Gasteiger partial charge in [-0.05, 0) is 24.0 Å². The highest BCUT2D eigenvalue weighted by Crippen LogP contribution is 2.35. The van der Waals surface area contributed by atoms with Crippen LogP contribution in [0.25, 0.3) is 0 Å². The first-order chi connectivity index (χ1) is 11.0. The minimum atomic E-state index is -0.621. The molecule has 1 aliphatic rings. The summed E-state index contributed by atoms with van der Waals surface area (Å²) in [5.74, 6) is 0.288. The summed E-state index contributed by atoms with van der Waals surface area (Å²) in [7, 11) is 1.66. The van der Waals surface area contributed by atoms with E-state index in [1.807, 2.05) is 24.3 Å². The van der Waals surface area contributed by atoms with Crippen molar-refractivity contribution in [3.63, 3.8) is 0 Å². The molecule has 0 spiro atoms. The summed E-state index contributed by atoms with van der Waals surface area (Å²) in [6, 6.07) is 7.72. The Morgan fingerprint density at radius 2 is 2.22 bits per heavy atom. The van der Waals surface area contributed by atoms with Crippen molar-refractivity contribution >= 4 is 17.6 Å². The lowest BCUT2D eigenvalue weighted by Gasteiger charge is -2.25. The highest BCUT2D eigenvalue weighted by atomic mass is 16.5. The number of hydrogen-bond donors (Lipinski definition) is 2. The van der Waals surface area contributed by atoms with Gasteiger partial charge in [-0.2, -0.15) is 5.10 Å². The average Bonchev–Trinajstić information content (AvgIpc) is 2.88. The Hall–Kier alpha value is -2.83. The lowest BCUT2D eigenvalue weighted by Crippen LogP contribution is -2.22. The van der Waals surface area contributed by atoms with Crippen molar-refractivity contribution in [2.24, 2.45) is 12.8 Å². The lowest BCUT2D eigenvalue weighted by atomic mass is 9.90. The Morgan fingerprint density at radius 3 is 3.00 bits per heavy atom. The summed E-state index contributed by atoms with van der Waals surface area (Å²) in [5, 5.41) is 6.75. The number of amides is 2. The number of aryl methyl sites for hydroxylation is 1. The molecule has 0 aliphatic carbocycles. The normalized spacial score (nSPS) is 16.3. The highest BCUT2D eigenvalue weighted by Gasteiger charge is 2.24. The van der Waals surface area contributed by atoms with Gasteiger partial charge in [-0.3, -0.25) is 14.3 Å². The standard InChI is InChI=1S/C16H18N4O3/c1-20-9-12(15(17)22)16(19-20)18-14(21)8-10-6-7-23-13-5-3-2-4-11(10)13/h2-5,9-10H,6-8H2,1H3,(H2,17,22)(H,18,19,21)/t10-/m1/s1. The van der Waals surface area contributed by atoms with Crippen LogP contribution in [0.2, 0.25) is 0 Å². The van der Waals surface area contributed by atoms with E-state index in [-0.39, 0.29) is 23.2 Å². The van der Waals surface area contributed by atoms with Crippen LogP contribution in [0.3, 0.4) is 0 Å². The summed E-state index contributed by atoms with van der Waals surface area (Å²) in [6.07, 6.45) is 2.56. The van der Waals surface area contributed by atoms with E-state index in [1.54, 1.807) is 7.05 Å². The minimum Gasteiger partial charge on any atom is -0.493 e. The Morgan fingerprint density at radius 1 is 1.43 bits per heavy atom. The van der Waals surface area contributed by atoms with Crippen LogP contribution in [0.4, 0.5) is 5.82 Å². The van der Waals surface area contributed by atoms with Crippen molar-refractivity contribution in [1.82, 2.24) is 9.78 Å². The molecular formula is C16H18N4O3. The molecular weight excluding hydrogens is 296 g/mol. The van der Waals surface area contributed by atoms with Crippen LogP contribution in [0, 0.1) is 0 Å². The molecule has 1 atom stereocenters. The predicted molar refractivity (Wildman–Crippen MR) is 84.3 cm³/mol. The fraction of sp³-hybridized carbons (Fsp3) is 0.312. The number of nitrogens with zero attached hydrogens (tertiary/aromatic N) is 2. The topological polar surface area (TPSA) is 99.2 Å². The number of benzene rings is 1. The molecule has 120 valence electrons. The van der Waals surface area contributed by atoms with Gasteiger partial charge in [-0.15, -0.1) is 0 Å². The lowest BCUT2D eigenvalue weighted by molar-refractivity contribution is -0.116. The zero-order valence-corrected chi connectivity index (χ0v) is 12.8. The van der Waals surface area contributed by atoms with Crippen LogP contribution in [0.15, 0.2) is 30.5 Å². The molecule has 0 radical (unpaired) electrons. The second-order valence-corrected chi connectivity index (χ2v) is 5.55. The van der Waals surface area contributed by atoms with Crippen LogP contribution in [-0.4, -0.2) is 28.2 Å². The van der Waals surface area contributed by atoms with Crippen LogP contribution in [0.5, 0.6) is 5.75 Å². The third-order valence-corrected chi connectivity index (χ3v) is 3.87. The van der Waals surface area contributed by atoms with Gasteiger partial charge in [-0.25, -0.2) is 0 Å². The summed E-state index contributed by atoms with van der Waals surface area (Å²) in [5.41, 5.74) is 6.53. The maximum absolute atomic E-state index is 12.3. The van der Waals surface area contributed by atoms with Crippen molar-refractivity contribution in [2.75, 3.05) is 11.9 Å². The first kappa shape index (κ1) is 15.1. The molecule has 2 aromatic rings. The molecule has 0 bridgehead atoms. The number of carbonyl (C=O) groups is 2. The number of nitrogens with two attached hydrogens (primary N) is 1. The van der Waals surface area contributed by atoms with Crippen molar-refractivity contribution < 1.29 is 14.3 Å². The van der Waals surface area contributed by atoms with Gasteiger partial charge in [0.25, 0.3) is 5.91 Å². The first-order valence-electron chi connectivity index (χ1n) is 7.39. The van der Waals surface area contributed by atoms with Gasteiger partial charge in [0.05, 0.1) is 6.61 Å². The SMILES string of the molecule is Cn1cc(C(N)=O)c(NC(=O)C[C@H]2CCOc3ccccc32)n1. The average molecular weight is 314 g/mol. The Labute approximate surface area is 133 Å². The fourth-order valence-corrected chi connectivity index (χ4v) is 2.80. The number of anilines is 1. The number of para-hydroxylation sites is 1. The molecule has 1 aliphatic heterocycles. The molecule has 1 aromatic carbocycles. The van der Waals surface area contributed by atoms with Crippen LogP contribution in [0.1, 0.15) is 34.7 Å². The van der Waals surface area contributed by atoms with E-state index >= 15 is 0 Å². The second kappa shape index (κ2) is 6.12. The zero-order chi connectivity index (χ0) is 16.4. The Balaban J connectivity index is 1.73. The summed E-state index contributed by atoms with van der Waals surface area (Å²) >= 11 is 0. The van der Waals surface area contributed by atoms with Gasteiger partial charge < -0.3 is 15.8 Å². The molecule has 2 amide bonds. The number of fused-ring (bicyclic) bond motifs is 1. The van der Waals surface area contributed by atoms with Gasteiger partial charge in [0.2, 0.25) is 5.91 Å². The number of hydrogen-bond acceptors (Lipinski definition) is 4. The quantitative estimate of drug-likeness (QED) is 0.891. The Kier molecular flexibility index (Phi) is 4.01. The molecule has 7 heteroatoms. The van der Waals surface area contributed by atoms with Gasteiger partial charge >= 0.3 is 0 Å². The van der Waals surface area contributed by atoms with E-state index in [1.165, 1.54) is 10.9 Å². The van der Waals surface area contributed by atoms with Crippen LogP contribution in [-0.2, 0) is 11.8 Å². The van der Waals surface area contributed by atoms with Crippen molar-refractivity contribution in [1.29, 1.82) is 0 Å². The number of nitrogens with one attached hydrogen (secondary N) is 1. The van der Waals surface area contributed by atoms with Crippen LogP contribution >= 0.6 is 0 Å². The summed E-state index contributed by atoms with van der Waals surface area (Å²) in [6.45, 7) is 0.588. The second-order valence-electron chi connectivity index (χ2n) is 5.55. The molecule has 3 N–H and O–H groups in total. The molecule has 0 saturated heterocycles. The maximum Gasteiger partial charge on any atom is 0.254 e. The van der Waals surface area contributed by atoms with Gasteiger partial charge in [0.1, 0.15) is 11.3 Å². The van der Waals surface area contributed by atoms with Crippen molar-refractivity contribution in [3.8, 4) is 5.75 Å². The summed E-state index contributed by atoms with van der Waals surface area (Å²) in [4.78, 5) is 23.7. The molecule has 1 aromatic heterocycles. The highest BCUT2D eigenvalue weighted by molar-refractivity contribution is 6.01. The molecule has 2 heterocycles. The van der Waals surface area contributed by atoms with E-state index in [9.17, 15) is 9.59 Å². The third-order valence-electron chi connectivity index (χ3n) is 3.87.